The van der Waals surface area contributed by atoms with Crippen LogP contribution in [0, 0.1) is 5.41 Å². The van der Waals surface area contributed by atoms with Gasteiger partial charge in [-0.15, -0.1) is 0 Å². The zero-order valence-corrected chi connectivity index (χ0v) is 12.3. The van der Waals surface area contributed by atoms with Crippen LogP contribution in [0.2, 0.25) is 0 Å². The molecule has 0 atom stereocenters. The van der Waals surface area contributed by atoms with Crippen molar-refractivity contribution in [2.45, 2.75) is 34.1 Å². The summed E-state index contributed by atoms with van der Waals surface area (Å²) in [4.78, 5) is 11.0. The summed E-state index contributed by atoms with van der Waals surface area (Å²) in [6.45, 7) is 7.38. The average Bonchev–Trinajstić information content (AvgIpc) is 2.30. The molecule has 0 heterocycles. The molecule has 1 amide bonds. The Hall–Kier alpha value is -1.16. The van der Waals surface area contributed by atoms with E-state index in [0.717, 1.165) is 10.0 Å². The molecule has 1 rings (SSSR count). The number of nitrogens with one attached hydrogen (secondary N) is 2. The minimum absolute atomic E-state index is 0.127. The highest BCUT2D eigenvalue weighted by atomic mass is 79.9. The van der Waals surface area contributed by atoms with Crippen LogP contribution in [0.5, 0.6) is 0 Å². The monoisotopic (exact) mass is 298 g/mol. The van der Waals surface area contributed by atoms with Crippen LogP contribution in [0.25, 0.3) is 0 Å². The maximum atomic E-state index is 11.0. The van der Waals surface area contributed by atoms with Gasteiger partial charge in [0.1, 0.15) is 0 Å². The second-order valence-corrected chi connectivity index (χ2v) is 4.12. The molecule has 0 aliphatic carbocycles. The van der Waals surface area contributed by atoms with Crippen molar-refractivity contribution in [3.8, 4) is 0 Å². The third-order valence-electron chi connectivity index (χ3n) is 1.97. The minimum Gasteiger partial charge on any atom is -0.326 e. The molecule has 1 aromatic carbocycles. The number of carbonyl (C=O) groups excluding carboxylic acids is 1. The fraction of sp³-hybridized carbons (Fsp3) is 0.385. The Kier molecular flexibility index (Phi) is 7.46. The topological polar surface area (TPSA) is 53.0 Å². The first-order valence-electron chi connectivity index (χ1n) is 5.69. The lowest BCUT2D eigenvalue weighted by Crippen LogP contribution is -2.10. The molecule has 0 aliphatic rings. The van der Waals surface area contributed by atoms with Crippen LogP contribution in [0.3, 0.4) is 0 Å². The highest BCUT2D eigenvalue weighted by molar-refractivity contribution is 9.10. The van der Waals surface area contributed by atoms with E-state index in [-0.39, 0.29) is 5.91 Å². The van der Waals surface area contributed by atoms with E-state index in [9.17, 15) is 4.79 Å². The molecule has 0 fully saturated rings. The van der Waals surface area contributed by atoms with Gasteiger partial charge < -0.3 is 10.7 Å². The molecule has 0 unspecified atom stereocenters. The quantitative estimate of drug-likeness (QED) is 0.807. The van der Waals surface area contributed by atoms with E-state index >= 15 is 0 Å². The van der Waals surface area contributed by atoms with Gasteiger partial charge in [0, 0.05) is 22.7 Å². The van der Waals surface area contributed by atoms with E-state index in [2.05, 4.69) is 21.2 Å². The smallest absolute Gasteiger partial charge is 0.221 e. The Morgan fingerprint density at radius 2 is 2.00 bits per heavy atom. The highest BCUT2D eigenvalue weighted by Gasteiger charge is 2.08. The second-order valence-electron chi connectivity index (χ2n) is 3.20. The number of hydrogen-bond acceptors (Lipinski definition) is 2. The number of hydrogen-bond donors (Lipinski definition) is 2. The normalized spacial score (nSPS) is 9.00. The number of carbonyl (C=O) groups is 1. The number of halogens is 1. The third-order valence-corrected chi connectivity index (χ3v) is 2.46. The van der Waals surface area contributed by atoms with Gasteiger partial charge in [-0.05, 0) is 24.6 Å². The number of amides is 1. The first-order valence-corrected chi connectivity index (χ1v) is 6.48. The van der Waals surface area contributed by atoms with Crippen molar-refractivity contribution in [3.05, 3.63) is 28.2 Å². The minimum atomic E-state index is -0.127. The van der Waals surface area contributed by atoms with Gasteiger partial charge in [0.25, 0.3) is 0 Å². The highest BCUT2D eigenvalue weighted by Crippen LogP contribution is 2.22. The maximum Gasteiger partial charge on any atom is 0.221 e. The van der Waals surface area contributed by atoms with E-state index in [1.165, 1.54) is 6.92 Å². The van der Waals surface area contributed by atoms with Crippen molar-refractivity contribution in [1.82, 2.24) is 0 Å². The van der Waals surface area contributed by atoms with Crippen LogP contribution in [-0.2, 0) is 4.79 Å². The van der Waals surface area contributed by atoms with Crippen molar-refractivity contribution in [2.75, 3.05) is 5.32 Å². The molecule has 0 saturated carbocycles. The van der Waals surface area contributed by atoms with Crippen molar-refractivity contribution in [1.29, 1.82) is 5.41 Å². The standard InChI is InChI=1S/C11H13BrN2O.C2H6/c1-3-10(13)9-5-4-8(12)6-11(9)14-7(2)15;1-2/h4-6,13H,3H2,1-2H3,(H,14,15);1-2H3. The lowest BCUT2D eigenvalue weighted by molar-refractivity contribution is -0.114. The zero-order chi connectivity index (χ0) is 13.4. The zero-order valence-electron chi connectivity index (χ0n) is 10.7. The molecule has 0 aromatic heterocycles. The molecular weight excluding hydrogens is 280 g/mol. The molecule has 17 heavy (non-hydrogen) atoms. The van der Waals surface area contributed by atoms with Gasteiger partial charge in [-0.1, -0.05) is 36.7 Å². The van der Waals surface area contributed by atoms with Gasteiger partial charge in [-0.2, -0.15) is 0 Å². The molecule has 0 saturated heterocycles. The molecule has 2 N–H and O–H groups in total. The van der Waals surface area contributed by atoms with E-state index in [4.69, 9.17) is 5.41 Å². The Labute approximate surface area is 111 Å². The summed E-state index contributed by atoms with van der Waals surface area (Å²) in [5.41, 5.74) is 1.98. The number of benzene rings is 1. The van der Waals surface area contributed by atoms with Crippen LogP contribution < -0.4 is 5.32 Å². The van der Waals surface area contributed by atoms with Crippen LogP contribution in [0.4, 0.5) is 5.69 Å². The molecule has 1 aromatic rings. The molecule has 0 bridgehead atoms. The summed E-state index contributed by atoms with van der Waals surface area (Å²) in [7, 11) is 0. The fourth-order valence-corrected chi connectivity index (χ4v) is 1.62. The summed E-state index contributed by atoms with van der Waals surface area (Å²) in [5.74, 6) is -0.127. The van der Waals surface area contributed by atoms with Gasteiger partial charge in [0.15, 0.2) is 0 Å². The molecule has 94 valence electrons. The van der Waals surface area contributed by atoms with Crippen LogP contribution >= 0.6 is 15.9 Å². The van der Waals surface area contributed by atoms with Crippen LogP contribution in [0.1, 0.15) is 39.7 Å². The van der Waals surface area contributed by atoms with Crippen molar-refractivity contribution in [2.24, 2.45) is 0 Å². The van der Waals surface area contributed by atoms with Gasteiger partial charge in [0.2, 0.25) is 5.91 Å². The van der Waals surface area contributed by atoms with Crippen molar-refractivity contribution >= 4 is 33.2 Å². The van der Waals surface area contributed by atoms with Gasteiger partial charge >= 0.3 is 0 Å². The summed E-state index contributed by atoms with van der Waals surface area (Å²) in [5, 5.41) is 10.5. The number of rotatable bonds is 3. The molecule has 0 aliphatic heterocycles. The predicted molar refractivity (Wildman–Crippen MR) is 76.9 cm³/mol. The van der Waals surface area contributed by atoms with E-state index in [1.54, 1.807) is 6.07 Å². The molecule has 3 nitrogen and oxygen atoms in total. The Morgan fingerprint density at radius 3 is 2.47 bits per heavy atom. The average molecular weight is 299 g/mol. The summed E-state index contributed by atoms with van der Waals surface area (Å²) >= 11 is 3.34. The predicted octanol–water partition coefficient (Wildman–Crippen LogP) is 4.21. The summed E-state index contributed by atoms with van der Waals surface area (Å²) < 4.78 is 0.888. The van der Waals surface area contributed by atoms with Crippen LogP contribution in [0.15, 0.2) is 22.7 Å². The van der Waals surface area contributed by atoms with Crippen LogP contribution in [-0.4, -0.2) is 11.6 Å². The first-order chi connectivity index (χ1) is 8.04. The lowest BCUT2D eigenvalue weighted by Gasteiger charge is -2.10. The summed E-state index contributed by atoms with van der Waals surface area (Å²) in [6, 6.07) is 5.51. The Balaban J connectivity index is 0.00000121. The number of anilines is 1. The molecular formula is C13H19BrN2O. The Morgan fingerprint density at radius 1 is 1.41 bits per heavy atom. The van der Waals surface area contributed by atoms with Crippen molar-refractivity contribution < 1.29 is 4.79 Å². The fourth-order valence-electron chi connectivity index (χ4n) is 1.26. The molecule has 4 heteroatoms. The maximum absolute atomic E-state index is 11.0. The molecule has 0 spiro atoms. The lowest BCUT2D eigenvalue weighted by atomic mass is 10.1. The van der Waals surface area contributed by atoms with Crippen molar-refractivity contribution in [3.63, 3.8) is 0 Å². The second kappa shape index (κ2) is 8.01. The first kappa shape index (κ1) is 15.8. The van der Waals surface area contributed by atoms with Gasteiger partial charge in [0.05, 0.1) is 5.69 Å². The third kappa shape index (κ3) is 5.13. The molecule has 0 radical (unpaired) electrons. The van der Waals surface area contributed by atoms with E-state index in [1.807, 2.05) is 32.9 Å². The van der Waals surface area contributed by atoms with E-state index in [0.29, 0.717) is 17.8 Å². The van der Waals surface area contributed by atoms with E-state index < -0.39 is 0 Å². The van der Waals surface area contributed by atoms with Gasteiger partial charge in [-0.3, -0.25) is 4.79 Å². The summed E-state index contributed by atoms with van der Waals surface area (Å²) in [6.07, 6.45) is 0.647. The SMILES string of the molecule is CC.CCC(=N)c1ccc(Br)cc1NC(C)=O. The Bertz CT molecular complexity index is 402. The largest absolute Gasteiger partial charge is 0.326 e. The van der Waals surface area contributed by atoms with Gasteiger partial charge in [-0.25, -0.2) is 0 Å².